The van der Waals surface area contributed by atoms with Crippen LogP contribution >= 0.6 is 0 Å². The van der Waals surface area contributed by atoms with Crippen LogP contribution in [0.3, 0.4) is 0 Å². The third-order valence-electron chi connectivity index (χ3n) is 5.23. The summed E-state index contributed by atoms with van der Waals surface area (Å²) in [5, 5.41) is 3.24. The molecule has 2 aromatic rings. The summed E-state index contributed by atoms with van der Waals surface area (Å²) in [4.78, 5) is 14.7. The Morgan fingerprint density at radius 2 is 1.80 bits per heavy atom. The first-order chi connectivity index (χ1) is 12.3. The molecule has 1 aliphatic heterocycles. The molecule has 25 heavy (non-hydrogen) atoms. The lowest BCUT2D eigenvalue weighted by Crippen LogP contribution is -2.50. The van der Waals surface area contributed by atoms with Crippen molar-refractivity contribution in [2.75, 3.05) is 6.61 Å². The Kier molecular flexibility index (Phi) is 4.78. The number of ether oxygens (including phenoxy) is 1. The summed E-state index contributed by atoms with van der Waals surface area (Å²) in [6.45, 7) is 1.64. The molecular weight excluding hydrogens is 320 g/mol. The summed E-state index contributed by atoms with van der Waals surface area (Å²) in [5.74, 6) is 1.95. The molecule has 0 spiro atoms. The van der Waals surface area contributed by atoms with E-state index in [0.717, 1.165) is 43.8 Å². The van der Waals surface area contributed by atoms with Gasteiger partial charge in [0.1, 0.15) is 11.5 Å². The molecule has 1 saturated heterocycles. The normalized spacial score (nSPS) is 25.5. The molecule has 2 aromatic heterocycles. The lowest BCUT2D eigenvalue weighted by Gasteiger charge is -2.34. The fraction of sp³-hybridized carbons (Fsp3) is 0.526. The number of nitrogens with zero attached hydrogens (tertiary/aromatic N) is 1. The maximum absolute atomic E-state index is 12.9. The van der Waals surface area contributed by atoms with Crippen molar-refractivity contribution >= 4 is 6.03 Å². The van der Waals surface area contributed by atoms with Gasteiger partial charge in [-0.2, -0.15) is 0 Å². The fourth-order valence-electron chi connectivity index (χ4n) is 3.99. The van der Waals surface area contributed by atoms with Crippen LogP contribution in [0.5, 0.6) is 0 Å². The van der Waals surface area contributed by atoms with E-state index < -0.39 is 0 Å². The SMILES string of the molecule is O=C(N[C@@H]1CCC[C@@H]2OCC[C@H]21)N(Cc1ccco1)Cc1ccco1. The van der Waals surface area contributed by atoms with Gasteiger partial charge in [0, 0.05) is 18.6 Å². The van der Waals surface area contributed by atoms with Gasteiger partial charge in [0.15, 0.2) is 0 Å². The smallest absolute Gasteiger partial charge is 0.318 e. The van der Waals surface area contributed by atoms with E-state index in [-0.39, 0.29) is 12.1 Å². The van der Waals surface area contributed by atoms with Crippen molar-refractivity contribution in [2.45, 2.75) is 50.9 Å². The monoisotopic (exact) mass is 344 g/mol. The molecule has 1 saturated carbocycles. The summed E-state index contributed by atoms with van der Waals surface area (Å²) in [6.07, 6.45) is 7.82. The van der Waals surface area contributed by atoms with Crippen LogP contribution in [-0.2, 0) is 17.8 Å². The number of fused-ring (bicyclic) bond motifs is 1. The zero-order valence-electron chi connectivity index (χ0n) is 14.2. The zero-order valence-corrected chi connectivity index (χ0v) is 14.2. The molecule has 3 atom stereocenters. The number of urea groups is 1. The molecule has 2 aliphatic rings. The highest BCUT2D eigenvalue weighted by molar-refractivity contribution is 5.74. The zero-order chi connectivity index (χ0) is 17.1. The number of amides is 2. The molecule has 3 heterocycles. The molecule has 0 radical (unpaired) electrons. The van der Waals surface area contributed by atoms with Crippen LogP contribution < -0.4 is 5.32 Å². The van der Waals surface area contributed by atoms with E-state index in [2.05, 4.69) is 5.32 Å². The van der Waals surface area contributed by atoms with Crippen LogP contribution in [-0.4, -0.2) is 29.7 Å². The van der Waals surface area contributed by atoms with E-state index in [1.807, 2.05) is 24.3 Å². The van der Waals surface area contributed by atoms with Gasteiger partial charge in [0.2, 0.25) is 0 Å². The van der Waals surface area contributed by atoms with E-state index in [0.29, 0.717) is 25.1 Å². The molecule has 0 unspecified atom stereocenters. The molecule has 2 amide bonds. The first-order valence-electron chi connectivity index (χ1n) is 9.01. The molecule has 2 fully saturated rings. The third kappa shape index (κ3) is 3.74. The Hall–Kier alpha value is -2.21. The van der Waals surface area contributed by atoms with E-state index in [1.165, 1.54) is 0 Å². The molecule has 1 aliphatic carbocycles. The molecular formula is C19H24N2O4. The van der Waals surface area contributed by atoms with Gasteiger partial charge >= 0.3 is 6.03 Å². The second kappa shape index (κ2) is 7.35. The second-order valence-electron chi connectivity index (χ2n) is 6.86. The van der Waals surface area contributed by atoms with E-state index in [9.17, 15) is 4.79 Å². The Morgan fingerprint density at radius 3 is 2.44 bits per heavy atom. The van der Waals surface area contributed by atoms with Crippen LogP contribution in [0.15, 0.2) is 45.6 Å². The summed E-state index contributed by atoms with van der Waals surface area (Å²) < 4.78 is 16.6. The molecule has 134 valence electrons. The summed E-state index contributed by atoms with van der Waals surface area (Å²) in [7, 11) is 0. The number of nitrogens with one attached hydrogen (secondary N) is 1. The number of furan rings is 2. The minimum absolute atomic E-state index is 0.0784. The fourth-order valence-corrected chi connectivity index (χ4v) is 3.99. The number of carbonyl (C=O) groups is 1. The average molecular weight is 344 g/mol. The molecule has 1 N–H and O–H groups in total. The minimum atomic E-state index is -0.0784. The van der Waals surface area contributed by atoms with Gasteiger partial charge in [-0.15, -0.1) is 0 Å². The van der Waals surface area contributed by atoms with Crippen molar-refractivity contribution in [3.8, 4) is 0 Å². The highest BCUT2D eigenvalue weighted by atomic mass is 16.5. The van der Waals surface area contributed by atoms with Gasteiger partial charge in [0.25, 0.3) is 0 Å². The number of carbonyl (C=O) groups excluding carboxylic acids is 1. The lowest BCUT2D eigenvalue weighted by molar-refractivity contribution is 0.0534. The Morgan fingerprint density at radius 1 is 1.08 bits per heavy atom. The van der Waals surface area contributed by atoms with Gasteiger partial charge in [0.05, 0.1) is 31.7 Å². The Balaban J connectivity index is 1.44. The van der Waals surface area contributed by atoms with Crippen molar-refractivity contribution in [3.63, 3.8) is 0 Å². The van der Waals surface area contributed by atoms with Crippen molar-refractivity contribution in [3.05, 3.63) is 48.3 Å². The average Bonchev–Trinajstić information content (AvgIpc) is 3.37. The number of hydrogen-bond acceptors (Lipinski definition) is 4. The highest BCUT2D eigenvalue weighted by Gasteiger charge is 2.38. The highest BCUT2D eigenvalue weighted by Crippen LogP contribution is 2.34. The lowest BCUT2D eigenvalue weighted by atomic mass is 9.82. The van der Waals surface area contributed by atoms with Crippen molar-refractivity contribution < 1.29 is 18.4 Å². The Labute approximate surface area is 147 Å². The maximum Gasteiger partial charge on any atom is 0.318 e. The first kappa shape index (κ1) is 16.3. The summed E-state index contributed by atoms with van der Waals surface area (Å²) in [5.41, 5.74) is 0. The van der Waals surface area contributed by atoms with Crippen LogP contribution in [0.25, 0.3) is 0 Å². The number of rotatable bonds is 5. The standard InChI is InChI=1S/C19H24N2O4/c22-19(20-17-6-1-7-18-16(17)8-11-25-18)21(12-14-4-2-9-23-14)13-15-5-3-10-24-15/h2-5,9-10,16-18H,1,6-8,11-13H2,(H,20,22)/t16-,17+,18-/m0/s1. The quantitative estimate of drug-likeness (QED) is 0.901. The minimum Gasteiger partial charge on any atom is -0.467 e. The van der Waals surface area contributed by atoms with Gasteiger partial charge in [-0.05, 0) is 49.9 Å². The van der Waals surface area contributed by atoms with E-state index >= 15 is 0 Å². The largest absolute Gasteiger partial charge is 0.467 e. The Bertz CT molecular complexity index is 631. The molecule has 0 bridgehead atoms. The van der Waals surface area contributed by atoms with Gasteiger partial charge < -0.3 is 23.8 Å². The molecule has 0 aromatic carbocycles. The van der Waals surface area contributed by atoms with Crippen molar-refractivity contribution in [1.29, 1.82) is 0 Å². The van der Waals surface area contributed by atoms with Crippen molar-refractivity contribution in [1.82, 2.24) is 10.2 Å². The van der Waals surface area contributed by atoms with Gasteiger partial charge in [-0.3, -0.25) is 0 Å². The molecule has 6 heteroatoms. The number of hydrogen-bond donors (Lipinski definition) is 1. The molecule has 4 rings (SSSR count). The topological polar surface area (TPSA) is 67.8 Å². The van der Waals surface area contributed by atoms with Crippen LogP contribution in [0.4, 0.5) is 4.79 Å². The molecule has 6 nitrogen and oxygen atoms in total. The second-order valence-corrected chi connectivity index (χ2v) is 6.86. The van der Waals surface area contributed by atoms with Crippen LogP contribution in [0, 0.1) is 5.92 Å². The van der Waals surface area contributed by atoms with Gasteiger partial charge in [-0.1, -0.05) is 0 Å². The van der Waals surface area contributed by atoms with Crippen LogP contribution in [0.2, 0.25) is 0 Å². The van der Waals surface area contributed by atoms with E-state index in [1.54, 1.807) is 17.4 Å². The summed E-state index contributed by atoms with van der Waals surface area (Å²) >= 11 is 0. The summed E-state index contributed by atoms with van der Waals surface area (Å²) in [6, 6.07) is 7.53. The first-order valence-corrected chi connectivity index (χ1v) is 9.01. The van der Waals surface area contributed by atoms with E-state index in [4.69, 9.17) is 13.6 Å². The van der Waals surface area contributed by atoms with Gasteiger partial charge in [-0.25, -0.2) is 4.79 Å². The van der Waals surface area contributed by atoms with Crippen molar-refractivity contribution in [2.24, 2.45) is 5.92 Å². The predicted octanol–water partition coefficient (Wildman–Crippen LogP) is 3.54. The third-order valence-corrected chi connectivity index (χ3v) is 5.23. The maximum atomic E-state index is 12.9. The predicted molar refractivity (Wildman–Crippen MR) is 90.7 cm³/mol. The van der Waals surface area contributed by atoms with Crippen LogP contribution in [0.1, 0.15) is 37.2 Å².